The van der Waals surface area contributed by atoms with Crippen molar-refractivity contribution in [3.8, 4) is 0 Å². The van der Waals surface area contributed by atoms with Crippen molar-refractivity contribution >= 4 is 11.9 Å². The molecule has 0 aliphatic rings. The Morgan fingerprint density at radius 3 is 1.19 bits per heavy atom. The monoisotopic (exact) mass is 514 g/mol. The van der Waals surface area contributed by atoms with Crippen LogP contribution in [0.2, 0.25) is 0 Å². The number of unbranched alkanes of at least 4 members (excludes halogenated alkanes) is 2. The third-order valence-corrected chi connectivity index (χ3v) is 6.49. The summed E-state index contributed by atoms with van der Waals surface area (Å²) < 4.78 is 10.8. The first kappa shape index (κ1) is 34.8. The molecule has 0 bridgehead atoms. The van der Waals surface area contributed by atoms with Crippen molar-refractivity contribution in [2.24, 2.45) is 11.8 Å². The van der Waals surface area contributed by atoms with Crippen molar-refractivity contribution < 1.29 is 19.1 Å². The van der Waals surface area contributed by atoms with Gasteiger partial charge < -0.3 is 30.7 Å². The molecular formula is C28H58N4O4. The van der Waals surface area contributed by atoms with E-state index in [1.54, 1.807) is 0 Å². The van der Waals surface area contributed by atoms with E-state index in [1.165, 1.54) is 25.7 Å². The molecule has 0 fully saturated rings. The zero-order valence-corrected chi connectivity index (χ0v) is 23.9. The first-order valence-corrected chi connectivity index (χ1v) is 14.7. The molecule has 0 aromatic carbocycles. The molecule has 0 aliphatic heterocycles. The lowest BCUT2D eigenvalue weighted by molar-refractivity contribution is -0.146. The van der Waals surface area contributed by atoms with Gasteiger partial charge in [-0.25, -0.2) is 0 Å². The van der Waals surface area contributed by atoms with E-state index < -0.39 is 0 Å². The lowest BCUT2D eigenvalue weighted by Gasteiger charge is -2.14. The van der Waals surface area contributed by atoms with Crippen molar-refractivity contribution in [2.75, 3.05) is 65.6 Å². The molecule has 8 nitrogen and oxygen atoms in total. The summed E-state index contributed by atoms with van der Waals surface area (Å²) in [6, 6.07) is 0. The van der Waals surface area contributed by atoms with Gasteiger partial charge in [0.1, 0.15) is 0 Å². The molecule has 4 N–H and O–H groups in total. The van der Waals surface area contributed by atoms with Crippen LogP contribution in [0.25, 0.3) is 0 Å². The maximum atomic E-state index is 11.9. The van der Waals surface area contributed by atoms with Crippen LogP contribution in [-0.2, 0) is 19.1 Å². The van der Waals surface area contributed by atoms with Crippen molar-refractivity contribution in [1.82, 2.24) is 21.3 Å². The molecule has 2 unspecified atom stereocenters. The highest BCUT2D eigenvalue weighted by atomic mass is 16.5. The van der Waals surface area contributed by atoms with Gasteiger partial charge in [-0.3, -0.25) is 9.59 Å². The summed E-state index contributed by atoms with van der Waals surface area (Å²) in [4.78, 5) is 23.7. The number of nitrogens with one attached hydrogen (secondary N) is 4. The standard InChI is InChI=1S/C28H58N4O4/c1-5-9-11-25(7-3)23-35-27(33)13-15-29-17-19-31-21-22-32-20-18-30-16-14-28(34)36-24-26(8-4)12-10-6-2/h25-26,29-32H,5-24H2,1-4H3. The molecule has 0 radical (unpaired) electrons. The predicted octanol–water partition coefficient (Wildman–Crippen LogP) is 3.64. The molecule has 0 aliphatic carbocycles. The third-order valence-electron chi connectivity index (χ3n) is 6.49. The normalized spacial score (nSPS) is 12.9. The zero-order valence-electron chi connectivity index (χ0n) is 23.9. The fraction of sp³-hybridized carbons (Fsp3) is 0.929. The van der Waals surface area contributed by atoms with E-state index >= 15 is 0 Å². The largest absolute Gasteiger partial charge is 0.465 e. The Bertz CT molecular complexity index is 464. The highest BCUT2D eigenvalue weighted by molar-refractivity contribution is 5.69. The number of carbonyl (C=O) groups excluding carboxylic acids is 2. The van der Waals surface area contributed by atoms with Gasteiger partial charge in [0.05, 0.1) is 26.1 Å². The van der Waals surface area contributed by atoms with Crippen LogP contribution in [0.15, 0.2) is 0 Å². The first-order valence-electron chi connectivity index (χ1n) is 14.7. The number of carbonyl (C=O) groups is 2. The average Bonchev–Trinajstić information content (AvgIpc) is 2.89. The summed E-state index contributed by atoms with van der Waals surface area (Å²) in [6.45, 7) is 16.3. The smallest absolute Gasteiger partial charge is 0.307 e. The van der Waals surface area contributed by atoms with Gasteiger partial charge in [0.25, 0.3) is 0 Å². The second kappa shape index (κ2) is 26.8. The zero-order chi connectivity index (χ0) is 26.7. The number of esters is 2. The highest BCUT2D eigenvalue weighted by Gasteiger charge is 2.10. The van der Waals surface area contributed by atoms with Crippen molar-refractivity contribution in [3.05, 3.63) is 0 Å². The topological polar surface area (TPSA) is 101 Å². The highest BCUT2D eigenvalue weighted by Crippen LogP contribution is 2.13. The number of ether oxygens (including phenoxy) is 2. The number of rotatable bonds is 27. The Labute approximate surface area is 221 Å². The van der Waals surface area contributed by atoms with E-state index in [4.69, 9.17) is 9.47 Å². The Morgan fingerprint density at radius 2 is 0.889 bits per heavy atom. The lowest BCUT2D eigenvalue weighted by Crippen LogP contribution is -2.35. The second-order valence-corrected chi connectivity index (χ2v) is 9.70. The van der Waals surface area contributed by atoms with Crippen molar-refractivity contribution in [1.29, 1.82) is 0 Å². The van der Waals surface area contributed by atoms with E-state index in [1.807, 2.05) is 0 Å². The molecule has 2 atom stereocenters. The van der Waals surface area contributed by atoms with Crippen molar-refractivity contribution in [2.45, 2.75) is 91.9 Å². The van der Waals surface area contributed by atoms with Gasteiger partial charge in [-0.2, -0.15) is 0 Å². The molecule has 0 aromatic rings. The van der Waals surface area contributed by atoms with Crippen LogP contribution in [0.4, 0.5) is 0 Å². The number of hydrogen-bond donors (Lipinski definition) is 4. The van der Waals surface area contributed by atoms with E-state index in [0.717, 1.165) is 65.0 Å². The first-order chi connectivity index (χ1) is 17.6. The van der Waals surface area contributed by atoms with Crippen LogP contribution < -0.4 is 21.3 Å². The molecule has 0 saturated heterocycles. The molecule has 0 saturated carbocycles. The molecule has 0 rings (SSSR count). The van der Waals surface area contributed by atoms with Crippen LogP contribution in [-0.4, -0.2) is 77.5 Å². The van der Waals surface area contributed by atoms with Gasteiger partial charge in [0, 0.05) is 52.4 Å². The summed E-state index contributed by atoms with van der Waals surface area (Å²) in [5.74, 6) is 0.788. The van der Waals surface area contributed by atoms with Crippen molar-refractivity contribution in [3.63, 3.8) is 0 Å². The molecule has 0 aromatic heterocycles. The maximum Gasteiger partial charge on any atom is 0.307 e. The quantitative estimate of drug-likeness (QED) is 0.0974. The predicted molar refractivity (Wildman–Crippen MR) is 149 cm³/mol. The Balaban J connectivity index is 3.40. The SMILES string of the molecule is CCCCC(CC)COC(=O)CCNCCNCCNCCNCCC(=O)OCC(CC)CCCC. The fourth-order valence-electron chi connectivity index (χ4n) is 3.77. The molecular weight excluding hydrogens is 456 g/mol. The van der Waals surface area contributed by atoms with Gasteiger partial charge in [-0.15, -0.1) is 0 Å². The van der Waals surface area contributed by atoms with Crippen LogP contribution in [0.3, 0.4) is 0 Å². The second-order valence-electron chi connectivity index (χ2n) is 9.70. The minimum atomic E-state index is -0.104. The van der Waals surface area contributed by atoms with Gasteiger partial charge in [-0.1, -0.05) is 66.2 Å². The van der Waals surface area contributed by atoms with Gasteiger partial charge in [-0.05, 0) is 24.7 Å². The average molecular weight is 515 g/mol. The molecule has 214 valence electrons. The summed E-state index contributed by atoms with van der Waals surface area (Å²) in [7, 11) is 0. The van der Waals surface area contributed by atoms with Crippen LogP contribution in [0.1, 0.15) is 91.9 Å². The summed E-state index contributed by atoms with van der Waals surface area (Å²) >= 11 is 0. The van der Waals surface area contributed by atoms with E-state index in [-0.39, 0.29) is 11.9 Å². The molecule has 8 heteroatoms. The van der Waals surface area contributed by atoms with Gasteiger partial charge >= 0.3 is 11.9 Å². The Kier molecular flexibility index (Phi) is 25.9. The summed E-state index contributed by atoms with van der Waals surface area (Å²) in [5.41, 5.74) is 0. The maximum absolute atomic E-state index is 11.9. The lowest BCUT2D eigenvalue weighted by atomic mass is 10.0. The summed E-state index contributed by atoms with van der Waals surface area (Å²) in [5, 5.41) is 13.3. The van der Waals surface area contributed by atoms with Crippen LogP contribution in [0.5, 0.6) is 0 Å². The van der Waals surface area contributed by atoms with E-state index in [9.17, 15) is 9.59 Å². The minimum Gasteiger partial charge on any atom is -0.465 e. The molecule has 0 amide bonds. The van der Waals surface area contributed by atoms with Crippen LogP contribution in [0, 0.1) is 11.8 Å². The minimum absolute atomic E-state index is 0.104. The number of hydrogen-bond acceptors (Lipinski definition) is 8. The van der Waals surface area contributed by atoms with Gasteiger partial charge in [0.2, 0.25) is 0 Å². The summed E-state index contributed by atoms with van der Waals surface area (Å²) in [6.07, 6.45) is 10.1. The molecule has 36 heavy (non-hydrogen) atoms. The molecule has 0 spiro atoms. The van der Waals surface area contributed by atoms with E-state index in [2.05, 4.69) is 49.0 Å². The van der Waals surface area contributed by atoms with Crippen LogP contribution >= 0.6 is 0 Å². The third kappa shape index (κ3) is 23.2. The fourth-order valence-corrected chi connectivity index (χ4v) is 3.77. The molecule has 0 heterocycles. The Morgan fingerprint density at radius 1 is 0.556 bits per heavy atom. The van der Waals surface area contributed by atoms with E-state index in [0.29, 0.717) is 51.0 Å². The van der Waals surface area contributed by atoms with Gasteiger partial charge in [0.15, 0.2) is 0 Å². The Hall–Kier alpha value is -1.22.